The van der Waals surface area contributed by atoms with Crippen LogP contribution in [-0.4, -0.2) is 31.4 Å². The molecule has 44 heavy (non-hydrogen) atoms. The van der Waals surface area contributed by atoms with Crippen molar-refractivity contribution in [3.8, 4) is 17.2 Å². The van der Waals surface area contributed by atoms with Crippen LogP contribution in [0.25, 0.3) is 6.08 Å². The average Bonchev–Trinajstić information content (AvgIpc) is 3.30. The van der Waals surface area contributed by atoms with Crippen LogP contribution in [0.5, 0.6) is 17.2 Å². The van der Waals surface area contributed by atoms with Crippen LogP contribution in [0.15, 0.2) is 89.1 Å². The molecule has 0 amide bonds. The first-order valence-corrected chi connectivity index (χ1v) is 16.6. The van der Waals surface area contributed by atoms with Gasteiger partial charge in [-0.2, -0.15) is 0 Å². The van der Waals surface area contributed by atoms with Crippen molar-refractivity contribution in [1.29, 1.82) is 0 Å². The number of thiazole rings is 1. The molecule has 228 valence electrons. The molecule has 12 heteroatoms. The predicted molar refractivity (Wildman–Crippen MR) is 180 cm³/mol. The zero-order chi connectivity index (χ0) is 31.5. The van der Waals surface area contributed by atoms with Gasteiger partial charge in [-0.3, -0.25) is 9.36 Å². The number of methoxy groups -OCH3 is 2. The third-order valence-electron chi connectivity index (χ3n) is 6.88. The summed E-state index contributed by atoms with van der Waals surface area (Å²) in [5, 5.41) is 0. The molecule has 0 saturated carbocycles. The molecule has 0 N–H and O–H groups in total. The first-order chi connectivity index (χ1) is 21.1. The van der Waals surface area contributed by atoms with Crippen LogP contribution in [0, 0.1) is 0 Å². The summed E-state index contributed by atoms with van der Waals surface area (Å²) >= 11 is 11.9. The minimum absolute atomic E-state index is 0.178. The molecule has 0 fully saturated rings. The zero-order valence-electron chi connectivity index (χ0n) is 24.2. The number of rotatable bonds is 9. The number of allylic oxidation sites excluding steroid dienone is 1. The van der Waals surface area contributed by atoms with Crippen molar-refractivity contribution in [3.05, 3.63) is 116 Å². The summed E-state index contributed by atoms with van der Waals surface area (Å²) < 4.78 is 26.8. The summed E-state index contributed by atoms with van der Waals surface area (Å²) in [6.07, 6.45) is 1.80. The molecule has 1 aliphatic heterocycles. The fraction of sp³-hybridized carbons (Fsp3) is 0.219. The van der Waals surface area contributed by atoms with Gasteiger partial charge in [0.15, 0.2) is 16.3 Å². The van der Waals surface area contributed by atoms with Crippen molar-refractivity contribution in [2.45, 2.75) is 26.5 Å². The Morgan fingerprint density at radius 3 is 2.34 bits per heavy atom. The molecule has 1 aromatic heterocycles. The van der Waals surface area contributed by atoms with Crippen molar-refractivity contribution in [2.24, 2.45) is 4.99 Å². The van der Waals surface area contributed by atoms with Gasteiger partial charge in [0.2, 0.25) is 0 Å². The van der Waals surface area contributed by atoms with E-state index in [9.17, 15) is 9.59 Å². The number of carbonyl (C=O) groups is 1. The number of halogens is 3. The highest BCUT2D eigenvalue weighted by Crippen LogP contribution is 2.40. The normalized spacial score (nSPS) is 14.6. The summed E-state index contributed by atoms with van der Waals surface area (Å²) in [7, 11) is 3.07. The van der Waals surface area contributed by atoms with E-state index in [0.29, 0.717) is 48.9 Å². The fourth-order valence-corrected chi connectivity index (χ4v) is 7.14. The monoisotopic (exact) mass is 804 g/mol. The van der Waals surface area contributed by atoms with E-state index in [0.717, 1.165) is 20.1 Å². The van der Waals surface area contributed by atoms with Gasteiger partial charge in [-0.15, -0.1) is 0 Å². The molecule has 1 atom stereocenters. The lowest BCUT2D eigenvalue weighted by Gasteiger charge is -2.26. The molecule has 2 heterocycles. The highest BCUT2D eigenvalue weighted by molar-refractivity contribution is 9.11. The van der Waals surface area contributed by atoms with Crippen LogP contribution in [0.3, 0.4) is 0 Å². The molecule has 5 rings (SSSR count). The number of nitrogens with zero attached hydrogens (tertiary/aromatic N) is 2. The Labute approximate surface area is 283 Å². The molecule has 0 unspecified atom stereocenters. The van der Waals surface area contributed by atoms with Crippen LogP contribution in [0.4, 0.5) is 0 Å². The molecule has 4 aromatic rings. The fourth-order valence-electron chi connectivity index (χ4n) is 4.78. The van der Waals surface area contributed by atoms with E-state index in [1.165, 1.54) is 23.0 Å². The predicted octanol–water partition coefficient (Wildman–Crippen LogP) is 6.68. The van der Waals surface area contributed by atoms with Crippen LogP contribution >= 0.6 is 59.1 Å². The van der Waals surface area contributed by atoms with Crippen molar-refractivity contribution in [3.63, 3.8) is 0 Å². The van der Waals surface area contributed by atoms with Gasteiger partial charge in [-0.1, -0.05) is 61.4 Å². The van der Waals surface area contributed by atoms with Crippen LogP contribution < -0.4 is 29.1 Å². The van der Waals surface area contributed by atoms with Gasteiger partial charge < -0.3 is 18.9 Å². The smallest absolute Gasteiger partial charge is 0.338 e. The van der Waals surface area contributed by atoms with Crippen molar-refractivity contribution in [2.75, 3.05) is 20.8 Å². The summed E-state index contributed by atoms with van der Waals surface area (Å²) in [6, 6.07) is 16.3. The maximum atomic E-state index is 14.1. The minimum atomic E-state index is -0.817. The molecule has 0 bridgehead atoms. The van der Waals surface area contributed by atoms with E-state index >= 15 is 0 Å². The maximum absolute atomic E-state index is 14.1. The minimum Gasteiger partial charge on any atom is -0.493 e. The quantitative estimate of drug-likeness (QED) is 0.176. The van der Waals surface area contributed by atoms with Crippen LogP contribution in [-0.2, 0) is 16.1 Å². The van der Waals surface area contributed by atoms with Gasteiger partial charge in [-0.05, 0) is 88.9 Å². The lowest BCUT2D eigenvalue weighted by atomic mass is 9.95. The largest absolute Gasteiger partial charge is 0.493 e. The topological polar surface area (TPSA) is 88.4 Å². The number of carbonyl (C=O) groups excluding carboxylic acids is 1. The van der Waals surface area contributed by atoms with E-state index in [-0.39, 0.29) is 17.7 Å². The third kappa shape index (κ3) is 6.58. The lowest BCUT2D eigenvalue weighted by Crippen LogP contribution is -2.40. The molecular weight excluding hydrogens is 780 g/mol. The lowest BCUT2D eigenvalue weighted by molar-refractivity contribution is -0.139. The Morgan fingerprint density at radius 2 is 1.68 bits per heavy atom. The van der Waals surface area contributed by atoms with E-state index < -0.39 is 12.0 Å². The summed E-state index contributed by atoms with van der Waals surface area (Å²) in [4.78, 5) is 32.5. The number of hydrogen-bond acceptors (Lipinski definition) is 8. The van der Waals surface area contributed by atoms with Gasteiger partial charge in [0, 0.05) is 8.95 Å². The number of benzene rings is 3. The van der Waals surface area contributed by atoms with Gasteiger partial charge in [-0.25, -0.2) is 9.79 Å². The first-order valence-electron chi connectivity index (χ1n) is 13.4. The van der Waals surface area contributed by atoms with Gasteiger partial charge in [0.25, 0.3) is 5.56 Å². The van der Waals surface area contributed by atoms with Crippen molar-refractivity contribution in [1.82, 2.24) is 4.57 Å². The molecule has 8 nitrogen and oxygen atoms in total. The van der Waals surface area contributed by atoms with E-state index in [1.807, 2.05) is 42.5 Å². The number of aromatic nitrogens is 1. The Kier molecular flexibility index (Phi) is 10.1. The number of esters is 1. The Hall–Kier alpha value is -3.19. The molecule has 0 saturated heterocycles. The maximum Gasteiger partial charge on any atom is 0.338 e. The highest BCUT2D eigenvalue weighted by atomic mass is 79.9. The van der Waals surface area contributed by atoms with E-state index in [4.69, 9.17) is 18.9 Å². The van der Waals surface area contributed by atoms with Gasteiger partial charge >= 0.3 is 5.97 Å². The first kappa shape index (κ1) is 32.2. The summed E-state index contributed by atoms with van der Waals surface area (Å²) in [5.41, 5.74) is 2.91. The molecule has 0 aliphatic carbocycles. The van der Waals surface area contributed by atoms with Crippen molar-refractivity contribution >= 4 is 71.2 Å². The Balaban J connectivity index is 1.57. The third-order valence-corrected chi connectivity index (χ3v) is 9.69. The highest BCUT2D eigenvalue weighted by Gasteiger charge is 2.35. The number of ether oxygens (including phenoxy) is 4. The summed E-state index contributed by atoms with van der Waals surface area (Å²) in [6.45, 7) is 4.07. The second kappa shape index (κ2) is 13.8. The molecule has 0 radical (unpaired) electrons. The SMILES string of the molecule is CCOC(=O)C1=C(C)N=c2s/c(=C\c3ccc(OCc4ccc(Br)cc4)c(Br)c3)c(=O)n2[C@H]1c1cc(OC)c(OC)cc1Br. The van der Waals surface area contributed by atoms with Crippen molar-refractivity contribution < 1.29 is 23.7 Å². The van der Waals surface area contributed by atoms with E-state index in [2.05, 4.69) is 52.8 Å². The second-order valence-electron chi connectivity index (χ2n) is 9.64. The standard InChI is InChI=1S/C32H27Br3N2O6S/c1-5-42-31(39)28-17(2)36-32-37(29(28)21-14-25(40-3)26(41-4)15-22(21)34)30(38)27(44-32)13-19-8-11-24(23(35)12-19)43-16-18-6-9-20(33)10-7-18/h6-15,29H,5,16H2,1-4H3/b27-13-/t29-/m0/s1. The molecule has 3 aromatic carbocycles. The second-order valence-corrected chi connectivity index (χ2v) is 13.3. The zero-order valence-corrected chi connectivity index (χ0v) is 29.7. The van der Waals surface area contributed by atoms with Gasteiger partial charge in [0.1, 0.15) is 12.4 Å². The molecule has 0 spiro atoms. The van der Waals surface area contributed by atoms with Crippen LogP contribution in [0.2, 0.25) is 0 Å². The Bertz CT molecular complexity index is 1950. The summed E-state index contributed by atoms with van der Waals surface area (Å²) in [5.74, 6) is 1.10. The van der Waals surface area contributed by atoms with Gasteiger partial charge in [0.05, 0.1) is 47.1 Å². The van der Waals surface area contributed by atoms with Crippen LogP contribution in [0.1, 0.15) is 36.6 Å². The molecular formula is C32H27Br3N2O6S. The van der Waals surface area contributed by atoms with E-state index in [1.54, 1.807) is 39.2 Å². The number of hydrogen-bond donors (Lipinski definition) is 0. The molecule has 1 aliphatic rings. The Morgan fingerprint density at radius 1 is 0.977 bits per heavy atom. The number of fused-ring (bicyclic) bond motifs is 1. The average molecular weight is 807 g/mol.